The van der Waals surface area contributed by atoms with Crippen LogP contribution in [0.2, 0.25) is 0 Å². The third kappa shape index (κ3) is 2.72. The van der Waals surface area contributed by atoms with Crippen LogP contribution in [0.25, 0.3) is 0 Å². The van der Waals surface area contributed by atoms with Crippen LogP contribution in [0.3, 0.4) is 0 Å². The monoisotopic (exact) mass is 180 g/mol. The predicted octanol–water partition coefficient (Wildman–Crippen LogP) is 1.52. The van der Waals surface area contributed by atoms with E-state index >= 15 is 0 Å². The second-order valence-electron chi connectivity index (χ2n) is 3.30. The van der Waals surface area contributed by atoms with Crippen LogP contribution in [0, 0.1) is 0 Å². The van der Waals surface area contributed by atoms with Crippen LogP contribution in [0.5, 0.6) is 5.75 Å². The van der Waals surface area contributed by atoms with E-state index < -0.39 is 0 Å². The maximum Gasteiger partial charge on any atom is 0.120 e. The maximum absolute atomic E-state index is 9.54. The van der Waals surface area contributed by atoms with Crippen molar-refractivity contribution < 1.29 is 5.11 Å². The Labute approximate surface area is 79.0 Å². The summed E-state index contributed by atoms with van der Waals surface area (Å²) in [6, 6.07) is 7.47. The van der Waals surface area contributed by atoms with Gasteiger partial charge < -0.3 is 5.11 Å². The molecule has 0 bridgehead atoms. The summed E-state index contributed by atoms with van der Waals surface area (Å²) in [5.74, 6) is 0.337. The lowest BCUT2D eigenvalue weighted by Gasteiger charge is -2.20. The predicted molar refractivity (Wildman–Crippen MR) is 53.3 cm³/mol. The van der Waals surface area contributed by atoms with Gasteiger partial charge in [-0.05, 0) is 13.0 Å². The molecule has 72 valence electrons. The van der Waals surface area contributed by atoms with Crippen molar-refractivity contribution in [3.05, 3.63) is 29.8 Å². The number of hydrogen-bond donors (Lipinski definition) is 2. The van der Waals surface area contributed by atoms with Gasteiger partial charge in [0.2, 0.25) is 0 Å². The van der Waals surface area contributed by atoms with Gasteiger partial charge in [0.1, 0.15) is 5.75 Å². The van der Waals surface area contributed by atoms with Crippen LogP contribution in [0.4, 0.5) is 0 Å². The lowest BCUT2D eigenvalue weighted by atomic mass is 10.1. The number of phenols is 1. The molecule has 0 aliphatic carbocycles. The first-order chi connectivity index (χ1) is 6.11. The smallest absolute Gasteiger partial charge is 0.120 e. The number of aromatic hydroxyl groups is 1. The van der Waals surface area contributed by atoms with Crippen molar-refractivity contribution in [3.8, 4) is 5.75 Å². The minimum absolute atomic E-state index is 0.121. The Morgan fingerprint density at radius 3 is 2.46 bits per heavy atom. The number of hydrogen-bond acceptors (Lipinski definition) is 3. The van der Waals surface area contributed by atoms with Crippen molar-refractivity contribution in [1.82, 2.24) is 10.4 Å². The minimum Gasteiger partial charge on any atom is -0.508 e. The maximum atomic E-state index is 9.54. The molecule has 0 aromatic heterocycles. The second kappa shape index (κ2) is 4.25. The molecule has 0 fully saturated rings. The molecule has 1 atom stereocenters. The van der Waals surface area contributed by atoms with Crippen LogP contribution >= 0.6 is 0 Å². The highest BCUT2D eigenvalue weighted by Crippen LogP contribution is 2.22. The summed E-state index contributed by atoms with van der Waals surface area (Å²) in [6.45, 7) is 2.01. The van der Waals surface area contributed by atoms with Gasteiger partial charge in [0.15, 0.2) is 0 Å². The zero-order chi connectivity index (χ0) is 9.84. The fraction of sp³-hybridized carbons (Fsp3) is 0.400. The minimum atomic E-state index is 0.121. The Morgan fingerprint density at radius 1 is 1.31 bits per heavy atom. The summed E-state index contributed by atoms with van der Waals surface area (Å²) < 4.78 is 0. The highest BCUT2D eigenvalue weighted by Gasteiger charge is 2.08. The van der Waals surface area contributed by atoms with E-state index in [0.29, 0.717) is 5.75 Å². The molecule has 3 heteroatoms. The van der Waals surface area contributed by atoms with Gasteiger partial charge in [-0.2, -0.15) is 0 Å². The fourth-order valence-corrected chi connectivity index (χ4v) is 1.31. The Hall–Kier alpha value is -1.06. The van der Waals surface area contributed by atoms with Crippen molar-refractivity contribution in [2.75, 3.05) is 14.1 Å². The van der Waals surface area contributed by atoms with E-state index in [1.165, 1.54) is 0 Å². The molecule has 1 unspecified atom stereocenters. The summed E-state index contributed by atoms with van der Waals surface area (Å²) in [5, 5.41) is 11.4. The number of nitrogens with one attached hydrogen (secondary N) is 1. The Morgan fingerprint density at radius 2 is 1.92 bits per heavy atom. The molecule has 0 aliphatic rings. The number of rotatable bonds is 3. The summed E-state index contributed by atoms with van der Waals surface area (Å²) in [6.07, 6.45) is 0. The van der Waals surface area contributed by atoms with Gasteiger partial charge in [-0.1, -0.05) is 18.2 Å². The van der Waals surface area contributed by atoms with Gasteiger partial charge in [0.25, 0.3) is 0 Å². The fourth-order valence-electron chi connectivity index (χ4n) is 1.31. The van der Waals surface area contributed by atoms with E-state index in [1.807, 2.05) is 44.2 Å². The van der Waals surface area contributed by atoms with Crippen molar-refractivity contribution >= 4 is 0 Å². The standard InChI is InChI=1S/C10H16N2O/c1-8(11-12(2)3)9-6-4-5-7-10(9)13/h4-8,11,13H,1-3H3. The lowest BCUT2D eigenvalue weighted by Crippen LogP contribution is -2.32. The number of nitrogens with zero attached hydrogens (tertiary/aromatic N) is 1. The van der Waals surface area contributed by atoms with Gasteiger partial charge in [0, 0.05) is 25.7 Å². The van der Waals surface area contributed by atoms with Crippen LogP contribution in [-0.2, 0) is 0 Å². The molecule has 0 spiro atoms. The van der Waals surface area contributed by atoms with E-state index in [2.05, 4.69) is 5.43 Å². The van der Waals surface area contributed by atoms with E-state index in [9.17, 15) is 5.11 Å². The topological polar surface area (TPSA) is 35.5 Å². The Kier molecular flexibility index (Phi) is 3.28. The lowest BCUT2D eigenvalue weighted by molar-refractivity contribution is 0.249. The molecule has 0 saturated heterocycles. The molecule has 0 saturated carbocycles. The molecule has 1 rings (SSSR count). The summed E-state index contributed by atoms with van der Waals surface area (Å²) in [7, 11) is 3.85. The van der Waals surface area contributed by atoms with Crippen molar-refractivity contribution in [3.63, 3.8) is 0 Å². The first-order valence-electron chi connectivity index (χ1n) is 4.32. The van der Waals surface area contributed by atoms with Crippen LogP contribution in [0.15, 0.2) is 24.3 Å². The van der Waals surface area contributed by atoms with Crippen LogP contribution in [-0.4, -0.2) is 24.2 Å². The van der Waals surface area contributed by atoms with Crippen molar-refractivity contribution in [2.24, 2.45) is 0 Å². The zero-order valence-electron chi connectivity index (χ0n) is 8.28. The van der Waals surface area contributed by atoms with Crippen LogP contribution in [0.1, 0.15) is 18.5 Å². The molecular formula is C10H16N2O. The molecule has 3 nitrogen and oxygen atoms in total. The average Bonchev–Trinajstić information content (AvgIpc) is 2.03. The van der Waals surface area contributed by atoms with Gasteiger partial charge in [-0.15, -0.1) is 0 Å². The van der Waals surface area contributed by atoms with E-state index in [-0.39, 0.29) is 6.04 Å². The van der Waals surface area contributed by atoms with Crippen molar-refractivity contribution in [2.45, 2.75) is 13.0 Å². The Bertz CT molecular complexity index is 273. The van der Waals surface area contributed by atoms with Gasteiger partial charge in [-0.3, -0.25) is 5.01 Å². The molecule has 1 aromatic rings. The molecule has 13 heavy (non-hydrogen) atoms. The number of para-hydroxylation sites is 1. The molecule has 0 radical (unpaired) electrons. The second-order valence-corrected chi connectivity index (χ2v) is 3.30. The summed E-state index contributed by atoms with van der Waals surface area (Å²) in [4.78, 5) is 0. The molecule has 0 heterocycles. The normalized spacial score (nSPS) is 13.2. The molecule has 0 aliphatic heterocycles. The number of benzene rings is 1. The molecule has 0 amide bonds. The largest absolute Gasteiger partial charge is 0.508 e. The van der Waals surface area contributed by atoms with E-state index in [0.717, 1.165) is 5.56 Å². The van der Waals surface area contributed by atoms with E-state index in [4.69, 9.17) is 0 Å². The zero-order valence-corrected chi connectivity index (χ0v) is 8.28. The average molecular weight is 180 g/mol. The van der Waals surface area contributed by atoms with Crippen LogP contribution < -0.4 is 5.43 Å². The number of hydrazine groups is 1. The van der Waals surface area contributed by atoms with E-state index in [1.54, 1.807) is 6.07 Å². The van der Waals surface area contributed by atoms with Gasteiger partial charge in [0.05, 0.1) is 0 Å². The molecule has 1 aromatic carbocycles. The third-order valence-corrected chi connectivity index (χ3v) is 1.86. The molecule has 2 N–H and O–H groups in total. The third-order valence-electron chi connectivity index (χ3n) is 1.86. The first kappa shape index (κ1) is 10.0. The summed E-state index contributed by atoms with van der Waals surface area (Å²) in [5.41, 5.74) is 4.09. The van der Waals surface area contributed by atoms with Gasteiger partial charge in [-0.25, -0.2) is 5.43 Å². The first-order valence-corrected chi connectivity index (χ1v) is 4.32. The summed E-state index contributed by atoms with van der Waals surface area (Å²) >= 11 is 0. The quantitative estimate of drug-likeness (QED) is 0.692. The SMILES string of the molecule is CC(NN(C)C)c1ccccc1O. The highest BCUT2D eigenvalue weighted by atomic mass is 16.3. The van der Waals surface area contributed by atoms with Gasteiger partial charge >= 0.3 is 0 Å². The highest BCUT2D eigenvalue weighted by molar-refractivity contribution is 5.33. The molecular weight excluding hydrogens is 164 g/mol. The number of phenolic OH excluding ortho intramolecular Hbond substituents is 1. The van der Waals surface area contributed by atoms with Crippen molar-refractivity contribution in [1.29, 1.82) is 0 Å². The Balaban J connectivity index is 2.76.